The van der Waals surface area contributed by atoms with Gasteiger partial charge in [-0.05, 0) is 29.8 Å². The second-order valence-electron chi connectivity index (χ2n) is 6.25. The number of carbonyl (C=O) groups is 1. The fourth-order valence-electron chi connectivity index (χ4n) is 2.87. The minimum Gasteiger partial charge on any atom is -0.493 e. The van der Waals surface area contributed by atoms with E-state index in [2.05, 4.69) is 20.4 Å². The Kier molecular flexibility index (Phi) is 4.86. The van der Waals surface area contributed by atoms with Crippen molar-refractivity contribution in [1.82, 2.24) is 19.6 Å². The van der Waals surface area contributed by atoms with Gasteiger partial charge in [-0.25, -0.2) is 9.97 Å². The van der Waals surface area contributed by atoms with E-state index in [0.717, 1.165) is 5.56 Å². The van der Waals surface area contributed by atoms with E-state index in [0.29, 0.717) is 46.9 Å². The first-order valence-corrected chi connectivity index (χ1v) is 8.86. The van der Waals surface area contributed by atoms with Crippen molar-refractivity contribution in [3.8, 4) is 23.1 Å². The summed E-state index contributed by atoms with van der Waals surface area (Å²) in [5.74, 6) is 2.45. The Bertz CT molecular complexity index is 1170. The van der Waals surface area contributed by atoms with Crippen LogP contribution in [0.1, 0.15) is 23.0 Å². The number of hydrogen-bond donors (Lipinski definition) is 1. The van der Waals surface area contributed by atoms with Crippen LogP contribution in [0.15, 0.2) is 47.1 Å². The summed E-state index contributed by atoms with van der Waals surface area (Å²) < 4.78 is 17.5. The number of anilines is 1. The molecule has 0 aliphatic rings. The summed E-state index contributed by atoms with van der Waals surface area (Å²) in [4.78, 5) is 20.8. The highest BCUT2D eigenvalue weighted by atomic mass is 16.5. The predicted molar refractivity (Wildman–Crippen MR) is 105 cm³/mol. The second kappa shape index (κ2) is 7.63. The summed E-state index contributed by atoms with van der Waals surface area (Å²) in [7, 11) is 3.17. The lowest BCUT2D eigenvalue weighted by atomic mass is 10.2. The Labute approximate surface area is 166 Å². The first-order valence-electron chi connectivity index (χ1n) is 8.86. The van der Waals surface area contributed by atoms with E-state index >= 15 is 0 Å². The summed E-state index contributed by atoms with van der Waals surface area (Å²) in [6.07, 6.45) is 1.55. The van der Waals surface area contributed by atoms with Crippen LogP contribution < -0.4 is 14.8 Å². The van der Waals surface area contributed by atoms with Crippen molar-refractivity contribution in [1.29, 1.82) is 0 Å². The van der Waals surface area contributed by atoms with Crippen molar-refractivity contribution in [2.24, 2.45) is 0 Å². The Morgan fingerprint density at radius 2 is 1.97 bits per heavy atom. The molecule has 0 saturated heterocycles. The van der Waals surface area contributed by atoms with Gasteiger partial charge in [0.25, 0.3) is 0 Å². The molecular weight excluding hydrogens is 374 g/mol. The maximum absolute atomic E-state index is 11.9. The van der Waals surface area contributed by atoms with E-state index in [1.165, 1.54) is 6.92 Å². The van der Waals surface area contributed by atoms with Gasteiger partial charge in [0.05, 0.1) is 20.5 Å². The number of nitrogens with one attached hydrogen (secondary N) is 1. The molecular formula is C20H19N5O4. The first kappa shape index (κ1) is 18.5. The maximum Gasteiger partial charge on any atom is 0.226 e. The largest absolute Gasteiger partial charge is 0.493 e. The molecule has 29 heavy (non-hydrogen) atoms. The maximum atomic E-state index is 11.9. The lowest BCUT2D eigenvalue weighted by molar-refractivity contribution is 0.101. The zero-order chi connectivity index (χ0) is 20.4. The lowest BCUT2D eigenvalue weighted by Crippen LogP contribution is -2.11. The van der Waals surface area contributed by atoms with Gasteiger partial charge < -0.3 is 19.2 Å². The van der Waals surface area contributed by atoms with Crippen LogP contribution in [0.5, 0.6) is 11.5 Å². The van der Waals surface area contributed by atoms with Crippen molar-refractivity contribution < 1.29 is 18.7 Å². The third-order valence-electron chi connectivity index (χ3n) is 4.33. The van der Waals surface area contributed by atoms with Gasteiger partial charge in [-0.3, -0.25) is 4.79 Å². The fourth-order valence-corrected chi connectivity index (χ4v) is 2.87. The summed E-state index contributed by atoms with van der Waals surface area (Å²) >= 11 is 0. The number of aromatic nitrogens is 4. The highest BCUT2D eigenvalue weighted by molar-refractivity contribution is 5.93. The molecule has 0 fully saturated rings. The Morgan fingerprint density at radius 3 is 2.66 bits per heavy atom. The van der Waals surface area contributed by atoms with Crippen LogP contribution in [0.4, 0.5) is 5.95 Å². The Hall–Kier alpha value is -3.88. The van der Waals surface area contributed by atoms with Crippen LogP contribution in [0.25, 0.3) is 17.2 Å². The zero-order valence-corrected chi connectivity index (χ0v) is 16.2. The molecule has 148 valence electrons. The Morgan fingerprint density at radius 1 is 1.14 bits per heavy atom. The van der Waals surface area contributed by atoms with Crippen molar-refractivity contribution in [3.05, 3.63) is 53.9 Å². The van der Waals surface area contributed by atoms with E-state index in [-0.39, 0.29) is 5.78 Å². The van der Waals surface area contributed by atoms with Crippen LogP contribution in [0.2, 0.25) is 0 Å². The van der Waals surface area contributed by atoms with Crippen molar-refractivity contribution in [2.45, 2.75) is 13.5 Å². The number of hydrogen-bond acceptors (Lipinski definition) is 8. The molecule has 1 N–H and O–H groups in total. The molecule has 0 amide bonds. The number of ketones is 1. The Balaban J connectivity index is 1.69. The monoisotopic (exact) mass is 393 g/mol. The van der Waals surface area contributed by atoms with Gasteiger partial charge in [-0.2, -0.15) is 4.52 Å². The quantitative estimate of drug-likeness (QED) is 0.477. The number of rotatable bonds is 7. The highest BCUT2D eigenvalue weighted by Crippen LogP contribution is 2.28. The SMILES string of the molecule is COc1ccc(CNc2nc(C(C)=O)cc3nc(-c4ccco4)nn23)cc1OC. The number of furan rings is 1. The van der Waals surface area contributed by atoms with Crippen molar-refractivity contribution in [2.75, 3.05) is 19.5 Å². The topological polar surface area (TPSA) is 104 Å². The van der Waals surface area contributed by atoms with E-state index in [4.69, 9.17) is 13.9 Å². The molecule has 0 atom stereocenters. The minimum absolute atomic E-state index is 0.163. The van der Waals surface area contributed by atoms with Crippen LogP contribution in [0, 0.1) is 0 Å². The second-order valence-corrected chi connectivity index (χ2v) is 6.25. The van der Waals surface area contributed by atoms with E-state index < -0.39 is 0 Å². The normalized spacial score (nSPS) is 10.9. The average Bonchev–Trinajstić information content (AvgIpc) is 3.40. The first-order chi connectivity index (χ1) is 14.1. The molecule has 3 aromatic heterocycles. The summed E-state index contributed by atoms with van der Waals surface area (Å²) in [5, 5.41) is 7.68. The molecule has 0 aliphatic carbocycles. The molecule has 3 heterocycles. The van der Waals surface area contributed by atoms with E-state index in [1.54, 1.807) is 43.2 Å². The van der Waals surface area contributed by atoms with Crippen LogP contribution >= 0.6 is 0 Å². The predicted octanol–water partition coefficient (Wildman–Crippen LogP) is 3.22. The van der Waals surface area contributed by atoms with Gasteiger partial charge >= 0.3 is 0 Å². The van der Waals surface area contributed by atoms with Crippen molar-refractivity contribution in [3.63, 3.8) is 0 Å². The number of benzene rings is 1. The summed E-state index contributed by atoms with van der Waals surface area (Å²) in [6, 6.07) is 10.7. The molecule has 0 aliphatic heterocycles. The van der Waals surface area contributed by atoms with E-state index in [1.807, 2.05) is 18.2 Å². The number of ether oxygens (including phenoxy) is 2. The molecule has 9 heteroatoms. The molecule has 0 bridgehead atoms. The number of Topliss-reactive ketones (excluding diaryl/α,β-unsaturated/α-hetero) is 1. The molecule has 4 rings (SSSR count). The summed E-state index contributed by atoms with van der Waals surface area (Å²) in [5.41, 5.74) is 1.73. The van der Waals surface area contributed by atoms with Gasteiger partial charge in [0.15, 0.2) is 28.7 Å². The standard InChI is InChI=1S/C20H19N5O4/c1-12(26)14-10-18-23-19(16-5-4-8-29-16)24-25(18)20(22-14)21-11-13-6-7-15(27-2)17(9-13)28-3/h4-10H,11H2,1-3H3,(H,21,22). The van der Waals surface area contributed by atoms with Gasteiger partial charge in [0.2, 0.25) is 11.8 Å². The smallest absolute Gasteiger partial charge is 0.226 e. The average molecular weight is 393 g/mol. The molecule has 4 aromatic rings. The van der Waals surface area contributed by atoms with Gasteiger partial charge in [0.1, 0.15) is 5.69 Å². The lowest BCUT2D eigenvalue weighted by Gasteiger charge is -2.11. The highest BCUT2D eigenvalue weighted by Gasteiger charge is 2.16. The molecule has 0 spiro atoms. The molecule has 0 saturated carbocycles. The fraction of sp³-hybridized carbons (Fsp3) is 0.200. The van der Waals surface area contributed by atoms with Crippen molar-refractivity contribution >= 4 is 17.4 Å². The number of methoxy groups -OCH3 is 2. The zero-order valence-electron chi connectivity index (χ0n) is 16.2. The number of nitrogens with zero attached hydrogens (tertiary/aromatic N) is 4. The third-order valence-corrected chi connectivity index (χ3v) is 4.33. The van der Waals surface area contributed by atoms with Gasteiger partial charge in [-0.1, -0.05) is 6.07 Å². The van der Waals surface area contributed by atoms with E-state index in [9.17, 15) is 4.79 Å². The van der Waals surface area contributed by atoms with Gasteiger partial charge in [-0.15, -0.1) is 5.10 Å². The number of fused-ring (bicyclic) bond motifs is 1. The van der Waals surface area contributed by atoms with Crippen LogP contribution in [-0.2, 0) is 6.54 Å². The van der Waals surface area contributed by atoms with Crippen LogP contribution in [0.3, 0.4) is 0 Å². The molecule has 0 unspecified atom stereocenters. The van der Waals surface area contributed by atoms with Gasteiger partial charge in [0, 0.05) is 19.5 Å². The van der Waals surface area contributed by atoms with Crippen LogP contribution in [-0.4, -0.2) is 39.6 Å². The minimum atomic E-state index is -0.163. The summed E-state index contributed by atoms with van der Waals surface area (Å²) in [6.45, 7) is 1.89. The molecule has 0 radical (unpaired) electrons. The number of carbonyl (C=O) groups excluding carboxylic acids is 1. The molecule has 1 aromatic carbocycles. The third kappa shape index (κ3) is 3.62. The molecule has 9 nitrogen and oxygen atoms in total.